The molecule has 8 nitrogen and oxygen atoms in total. The Balaban J connectivity index is 1.51. The van der Waals surface area contributed by atoms with Gasteiger partial charge in [0.25, 0.3) is 0 Å². The number of rotatable bonds is 8. The van der Waals surface area contributed by atoms with Crippen molar-refractivity contribution in [2.75, 3.05) is 5.32 Å². The molecule has 0 saturated heterocycles. The minimum atomic E-state index is -3.74. The molecule has 2 aromatic heterocycles. The van der Waals surface area contributed by atoms with Crippen LogP contribution in [0.2, 0.25) is 0 Å². The van der Waals surface area contributed by atoms with Gasteiger partial charge in [0.1, 0.15) is 12.1 Å². The van der Waals surface area contributed by atoms with Crippen molar-refractivity contribution in [2.45, 2.75) is 18.0 Å². The van der Waals surface area contributed by atoms with E-state index in [1.165, 1.54) is 0 Å². The SMILES string of the molecule is O=S(=O)(NCc1ccccc1)c1ccc2nc(-n3ccnc3)nc(NCc3ccccc3)c2c1. The molecule has 0 unspecified atom stereocenters. The van der Waals surface area contributed by atoms with Crippen LogP contribution in [0.3, 0.4) is 0 Å². The smallest absolute Gasteiger partial charge is 0.240 e. The third-order valence-corrected chi connectivity index (χ3v) is 6.71. The molecule has 0 amide bonds. The average molecular weight is 471 g/mol. The van der Waals surface area contributed by atoms with Crippen molar-refractivity contribution in [2.24, 2.45) is 0 Å². The Morgan fingerprint density at radius 2 is 1.53 bits per heavy atom. The second-order valence-corrected chi connectivity index (χ2v) is 9.44. The van der Waals surface area contributed by atoms with Gasteiger partial charge < -0.3 is 5.32 Å². The first-order valence-electron chi connectivity index (χ1n) is 10.7. The van der Waals surface area contributed by atoms with Crippen LogP contribution in [-0.2, 0) is 23.1 Å². The van der Waals surface area contributed by atoms with Gasteiger partial charge in [0, 0.05) is 30.9 Å². The lowest BCUT2D eigenvalue weighted by Gasteiger charge is -2.13. The highest BCUT2D eigenvalue weighted by Gasteiger charge is 2.17. The fraction of sp³-hybridized carbons (Fsp3) is 0.0800. The molecular weight excluding hydrogens is 448 g/mol. The van der Waals surface area contributed by atoms with Gasteiger partial charge in [-0.15, -0.1) is 0 Å². The quantitative estimate of drug-likeness (QED) is 0.357. The summed E-state index contributed by atoms with van der Waals surface area (Å²) in [7, 11) is -3.74. The van der Waals surface area contributed by atoms with E-state index < -0.39 is 10.0 Å². The van der Waals surface area contributed by atoms with Crippen LogP contribution >= 0.6 is 0 Å². The van der Waals surface area contributed by atoms with Gasteiger partial charge in [-0.1, -0.05) is 60.7 Å². The third-order valence-electron chi connectivity index (χ3n) is 5.31. The fourth-order valence-electron chi connectivity index (χ4n) is 3.53. The van der Waals surface area contributed by atoms with Crippen LogP contribution in [0.1, 0.15) is 11.1 Å². The highest BCUT2D eigenvalue weighted by atomic mass is 32.2. The first-order valence-corrected chi connectivity index (χ1v) is 12.2. The molecule has 0 spiro atoms. The molecule has 9 heteroatoms. The summed E-state index contributed by atoms with van der Waals surface area (Å²) in [6.45, 7) is 0.732. The number of benzene rings is 3. The number of aromatic nitrogens is 4. The number of hydrogen-bond acceptors (Lipinski definition) is 6. The molecule has 170 valence electrons. The van der Waals surface area contributed by atoms with Gasteiger partial charge in [0.05, 0.1) is 10.4 Å². The highest BCUT2D eigenvalue weighted by molar-refractivity contribution is 7.89. The minimum absolute atomic E-state index is 0.151. The van der Waals surface area contributed by atoms with E-state index in [1.807, 2.05) is 60.7 Å². The number of nitrogens with zero attached hydrogens (tertiary/aromatic N) is 4. The second-order valence-electron chi connectivity index (χ2n) is 7.67. The van der Waals surface area contributed by atoms with Gasteiger partial charge in [-0.2, -0.15) is 4.98 Å². The third kappa shape index (κ3) is 4.80. The number of imidazole rings is 1. The largest absolute Gasteiger partial charge is 0.365 e. The number of sulfonamides is 1. The van der Waals surface area contributed by atoms with Crippen molar-refractivity contribution in [3.05, 3.63) is 109 Å². The van der Waals surface area contributed by atoms with Crippen molar-refractivity contribution in [3.63, 3.8) is 0 Å². The van der Waals surface area contributed by atoms with Crippen molar-refractivity contribution < 1.29 is 8.42 Å². The number of hydrogen-bond donors (Lipinski definition) is 2. The Bertz CT molecular complexity index is 1510. The zero-order valence-corrected chi connectivity index (χ0v) is 19.0. The molecule has 3 aromatic carbocycles. The van der Waals surface area contributed by atoms with Crippen LogP contribution in [0, 0.1) is 0 Å². The molecule has 2 heterocycles. The van der Waals surface area contributed by atoms with Crippen LogP contribution in [-0.4, -0.2) is 27.9 Å². The predicted molar refractivity (Wildman–Crippen MR) is 131 cm³/mol. The van der Waals surface area contributed by atoms with Crippen LogP contribution in [0.4, 0.5) is 5.82 Å². The summed E-state index contributed by atoms with van der Waals surface area (Å²) in [6.07, 6.45) is 5.03. The maximum atomic E-state index is 13.0. The van der Waals surface area contributed by atoms with Gasteiger partial charge in [-0.05, 0) is 29.3 Å². The molecular formula is C25H22N6O2S. The molecule has 2 N–H and O–H groups in total. The molecule has 0 bridgehead atoms. The van der Waals surface area contributed by atoms with Gasteiger partial charge in [-0.25, -0.2) is 23.1 Å². The summed E-state index contributed by atoms with van der Waals surface area (Å²) in [6, 6.07) is 24.2. The minimum Gasteiger partial charge on any atom is -0.365 e. The lowest BCUT2D eigenvalue weighted by atomic mass is 10.2. The van der Waals surface area contributed by atoms with Crippen LogP contribution in [0.25, 0.3) is 16.9 Å². The predicted octanol–water partition coefficient (Wildman–Crippen LogP) is 3.91. The summed E-state index contributed by atoms with van der Waals surface area (Å²) in [5.41, 5.74) is 2.58. The number of nitrogens with one attached hydrogen (secondary N) is 2. The Hall–Kier alpha value is -4.08. The van der Waals surface area contributed by atoms with Gasteiger partial charge in [0.15, 0.2) is 0 Å². The normalized spacial score (nSPS) is 11.5. The molecule has 0 saturated carbocycles. The molecule has 0 radical (unpaired) electrons. The molecule has 0 aliphatic rings. The van der Waals surface area contributed by atoms with Crippen LogP contribution < -0.4 is 10.0 Å². The van der Waals surface area contributed by atoms with E-state index in [2.05, 4.69) is 25.0 Å². The van der Waals surface area contributed by atoms with E-state index in [4.69, 9.17) is 0 Å². The van der Waals surface area contributed by atoms with Gasteiger partial charge in [-0.3, -0.25) is 4.57 Å². The Morgan fingerprint density at radius 1 is 0.824 bits per heavy atom. The Kier molecular flexibility index (Phi) is 6.03. The zero-order chi connectivity index (χ0) is 23.4. The second kappa shape index (κ2) is 9.42. The standard InChI is InChI=1S/C25H22N6O2S/c32-34(33,28-17-20-9-5-2-6-10-20)21-11-12-23-22(15-21)24(27-16-19-7-3-1-4-8-19)30-25(29-23)31-14-13-26-18-31/h1-15,18,28H,16-17H2,(H,27,29,30). The lowest BCUT2D eigenvalue weighted by Crippen LogP contribution is -2.23. The first-order chi connectivity index (χ1) is 16.6. The lowest BCUT2D eigenvalue weighted by molar-refractivity contribution is 0.581. The number of fused-ring (bicyclic) bond motifs is 1. The summed E-state index contributed by atoms with van der Waals surface area (Å²) >= 11 is 0. The van der Waals surface area contributed by atoms with Crippen molar-refractivity contribution in [1.29, 1.82) is 0 Å². The van der Waals surface area contributed by atoms with E-state index in [0.717, 1.165) is 11.1 Å². The highest BCUT2D eigenvalue weighted by Crippen LogP contribution is 2.25. The van der Waals surface area contributed by atoms with Gasteiger partial charge in [0.2, 0.25) is 16.0 Å². The van der Waals surface area contributed by atoms with E-state index >= 15 is 0 Å². The summed E-state index contributed by atoms with van der Waals surface area (Å²) in [4.78, 5) is 13.5. The molecule has 5 aromatic rings. The van der Waals surface area contributed by atoms with Crippen molar-refractivity contribution in [3.8, 4) is 5.95 Å². The topological polar surface area (TPSA) is 102 Å². The molecule has 0 fully saturated rings. The zero-order valence-electron chi connectivity index (χ0n) is 18.2. The molecule has 0 aliphatic heterocycles. The average Bonchev–Trinajstić information content (AvgIpc) is 3.42. The maximum Gasteiger partial charge on any atom is 0.240 e. The Labute approximate surface area is 197 Å². The van der Waals surface area contributed by atoms with Gasteiger partial charge >= 0.3 is 0 Å². The van der Waals surface area contributed by atoms with Crippen molar-refractivity contribution >= 4 is 26.7 Å². The molecule has 0 aliphatic carbocycles. The fourth-order valence-corrected chi connectivity index (χ4v) is 4.57. The van der Waals surface area contributed by atoms with Crippen LogP contribution in [0.15, 0.2) is 102 Å². The van der Waals surface area contributed by atoms with E-state index in [-0.39, 0.29) is 11.4 Å². The molecule has 0 atom stereocenters. The van der Waals surface area contributed by atoms with E-state index in [0.29, 0.717) is 29.2 Å². The van der Waals surface area contributed by atoms with Crippen molar-refractivity contribution in [1.82, 2.24) is 24.2 Å². The molecule has 34 heavy (non-hydrogen) atoms. The summed E-state index contributed by atoms with van der Waals surface area (Å²) in [5, 5.41) is 3.96. The number of anilines is 1. The summed E-state index contributed by atoms with van der Waals surface area (Å²) in [5.74, 6) is 0.982. The first kappa shape index (κ1) is 21.7. The van der Waals surface area contributed by atoms with E-state index in [9.17, 15) is 8.42 Å². The van der Waals surface area contributed by atoms with E-state index in [1.54, 1.807) is 41.5 Å². The van der Waals surface area contributed by atoms with Crippen LogP contribution in [0.5, 0.6) is 0 Å². The summed E-state index contributed by atoms with van der Waals surface area (Å²) < 4.78 is 30.4. The monoisotopic (exact) mass is 470 g/mol. The maximum absolute atomic E-state index is 13.0. The Morgan fingerprint density at radius 3 is 2.21 bits per heavy atom. The molecule has 5 rings (SSSR count).